The molecule has 0 N–H and O–H groups in total. The SMILES string of the molecule is c1ccc(-c2nc3ccccn3c2-c2cccc(-c3nc4ccccc4c4c5c(ccc34)C(c3ccccc3)(c3ccccc3)c3ccccc3-5)c2)cc1. The molecule has 0 aliphatic heterocycles. The van der Waals surface area contributed by atoms with Crippen molar-refractivity contribution in [1.82, 2.24) is 14.4 Å². The number of rotatable bonds is 5. The average Bonchev–Trinajstić information content (AvgIpc) is 3.79. The molecule has 0 radical (unpaired) electrons. The van der Waals surface area contributed by atoms with Crippen LogP contribution in [0.2, 0.25) is 0 Å². The van der Waals surface area contributed by atoms with Gasteiger partial charge in [-0.15, -0.1) is 0 Å². The number of pyridine rings is 2. The molecule has 0 saturated heterocycles. The van der Waals surface area contributed by atoms with E-state index in [9.17, 15) is 0 Å². The first kappa shape index (κ1) is 30.5. The molecule has 0 amide bonds. The first-order valence-electron chi connectivity index (χ1n) is 18.5. The van der Waals surface area contributed by atoms with Crippen molar-refractivity contribution in [1.29, 1.82) is 0 Å². The van der Waals surface area contributed by atoms with Crippen LogP contribution in [-0.2, 0) is 5.41 Å². The number of hydrogen-bond donors (Lipinski definition) is 0. The Morgan fingerprint density at radius 3 is 1.87 bits per heavy atom. The molecule has 11 rings (SSSR count). The number of para-hydroxylation sites is 1. The maximum Gasteiger partial charge on any atom is 0.137 e. The Kier molecular flexibility index (Phi) is 6.77. The predicted molar refractivity (Wildman–Crippen MR) is 222 cm³/mol. The molecular weight excluding hydrogens is 655 g/mol. The Morgan fingerprint density at radius 2 is 1.07 bits per heavy atom. The van der Waals surface area contributed by atoms with Crippen molar-refractivity contribution >= 4 is 27.3 Å². The maximum atomic E-state index is 5.45. The molecule has 54 heavy (non-hydrogen) atoms. The fourth-order valence-corrected chi connectivity index (χ4v) is 9.08. The minimum Gasteiger partial charge on any atom is -0.299 e. The van der Waals surface area contributed by atoms with E-state index in [2.05, 4.69) is 199 Å². The van der Waals surface area contributed by atoms with Crippen LogP contribution in [0.5, 0.6) is 0 Å². The van der Waals surface area contributed by atoms with Crippen LogP contribution in [0.1, 0.15) is 22.3 Å². The summed E-state index contributed by atoms with van der Waals surface area (Å²) in [5.74, 6) is 0. The third kappa shape index (κ3) is 4.36. The van der Waals surface area contributed by atoms with E-state index in [0.717, 1.165) is 55.7 Å². The molecule has 0 unspecified atom stereocenters. The summed E-state index contributed by atoms with van der Waals surface area (Å²) in [4.78, 5) is 10.6. The van der Waals surface area contributed by atoms with Gasteiger partial charge in [-0.3, -0.25) is 4.40 Å². The molecule has 3 heteroatoms. The normalized spacial score (nSPS) is 13.0. The summed E-state index contributed by atoms with van der Waals surface area (Å²) in [6, 6.07) is 69.9. The van der Waals surface area contributed by atoms with Gasteiger partial charge in [-0.1, -0.05) is 170 Å². The first-order valence-corrected chi connectivity index (χ1v) is 18.5. The van der Waals surface area contributed by atoms with Gasteiger partial charge < -0.3 is 0 Å². The molecule has 3 aromatic heterocycles. The fourth-order valence-electron chi connectivity index (χ4n) is 9.08. The zero-order valence-electron chi connectivity index (χ0n) is 29.4. The lowest BCUT2D eigenvalue weighted by molar-refractivity contribution is 0.769. The van der Waals surface area contributed by atoms with Crippen molar-refractivity contribution in [2.24, 2.45) is 0 Å². The van der Waals surface area contributed by atoms with E-state index < -0.39 is 5.41 Å². The van der Waals surface area contributed by atoms with E-state index in [1.807, 2.05) is 6.07 Å². The number of imidazole rings is 1. The van der Waals surface area contributed by atoms with Crippen LogP contribution in [0.4, 0.5) is 0 Å². The molecule has 3 heterocycles. The number of aromatic nitrogens is 3. The van der Waals surface area contributed by atoms with Gasteiger partial charge >= 0.3 is 0 Å². The minimum atomic E-state index is -0.482. The second-order valence-electron chi connectivity index (χ2n) is 14.1. The molecule has 0 saturated carbocycles. The second kappa shape index (κ2) is 12.0. The fraction of sp³-hybridized carbons (Fsp3) is 0.0196. The lowest BCUT2D eigenvalue weighted by atomic mass is 9.67. The van der Waals surface area contributed by atoms with Gasteiger partial charge in [-0.25, -0.2) is 9.97 Å². The quantitative estimate of drug-likeness (QED) is 0.169. The summed E-state index contributed by atoms with van der Waals surface area (Å²) < 4.78 is 2.20. The van der Waals surface area contributed by atoms with Crippen molar-refractivity contribution in [3.05, 3.63) is 223 Å². The standard InChI is InChI=1S/C51H33N3/c1-4-17-34(18-5-1)49-50(54-32-15-14-29-45(54)53-49)36-20-16-19-35(33-36)48-41-30-31-43-47(46(41)40-26-11-13-28-44(40)52-48)39-25-10-12-27-42(39)51(43,37-21-6-2-7-22-37)38-23-8-3-9-24-38/h1-33H. The highest BCUT2D eigenvalue weighted by Crippen LogP contribution is 2.58. The molecule has 1 aliphatic rings. The highest BCUT2D eigenvalue weighted by Gasteiger charge is 2.46. The van der Waals surface area contributed by atoms with E-state index in [4.69, 9.17) is 9.97 Å². The Morgan fingerprint density at radius 1 is 0.426 bits per heavy atom. The highest BCUT2D eigenvalue weighted by atomic mass is 15.0. The van der Waals surface area contributed by atoms with Gasteiger partial charge in [0.25, 0.3) is 0 Å². The van der Waals surface area contributed by atoms with Gasteiger partial charge in [-0.05, 0) is 57.6 Å². The van der Waals surface area contributed by atoms with E-state index in [0.29, 0.717) is 0 Å². The van der Waals surface area contributed by atoms with Crippen LogP contribution < -0.4 is 0 Å². The van der Waals surface area contributed by atoms with Crippen LogP contribution in [0.15, 0.2) is 200 Å². The Bertz CT molecular complexity index is 3000. The van der Waals surface area contributed by atoms with E-state index in [-0.39, 0.29) is 0 Å². The van der Waals surface area contributed by atoms with E-state index >= 15 is 0 Å². The zero-order valence-corrected chi connectivity index (χ0v) is 29.4. The molecular formula is C51H33N3. The van der Waals surface area contributed by atoms with Gasteiger partial charge in [0.15, 0.2) is 0 Å². The summed E-state index contributed by atoms with van der Waals surface area (Å²) >= 11 is 0. The lowest BCUT2D eigenvalue weighted by Gasteiger charge is -2.34. The summed E-state index contributed by atoms with van der Waals surface area (Å²) in [6.07, 6.45) is 2.10. The zero-order chi connectivity index (χ0) is 35.6. The molecule has 0 bridgehead atoms. The van der Waals surface area contributed by atoms with Crippen molar-refractivity contribution < 1.29 is 0 Å². The van der Waals surface area contributed by atoms with Gasteiger partial charge in [0.2, 0.25) is 0 Å². The second-order valence-corrected chi connectivity index (χ2v) is 14.1. The monoisotopic (exact) mass is 687 g/mol. The number of benzene rings is 7. The van der Waals surface area contributed by atoms with E-state index in [1.54, 1.807) is 0 Å². The van der Waals surface area contributed by atoms with Gasteiger partial charge in [0.1, 0.15) is 5.65 Å². The Labute approximate surface area is 313 Å². The average molecular weight is 688 g/mol. The number of nitrogens with zero attached hydrogens (tertiary/aromatic N) is 3. The maximum absolute atomic E-state index is 5.45. The molecule has 7 aromatic carbocycles. The molecule has 0 spiro atoms. The Hall–Kier alpha value is -7.10. The van der Waals surface area contributed by atoms with Gasteiger partial charge in [-0.2, -0.15) is 0 Å². The van der Waals surface area contributed by atoms with Crippen LogP contribution in [0.25, 0.3) is 72.2 Å². The Balaban J connectivity index is 1.22. The van der Waals surface area contributed by atoms with Crippen molar-refractivity contribution in [2.45, 2.75) is 5.41 Å². The molecule has 252 valence electrons. The highest BCUT2D eigenvalue weighted by molar-refractivity contribution is 6.19. The largest absolute Gasteiger partial charge is 0.299 e. The van der Waals surface area contributed by atoms with Gasteiger partial charge in [0.05, 0.1) is 28.0 Å². The topological polar surface area (TPSA) is 30.2 Å². The molecule has 3 nitrogen and oxygen atoms in total. The third-order valence-corrected chi connectivity index (χ3v) is 11.3. The van der Waals surface area contributed by atoms with Crippen molar-refractivity contribution in [3.8, 4) is 44.9 Å². The van der Waals surface area contributed by atoms with Crippen LogP contribution in [0.3, 0.4) is 0 Å². The molecule has 0 atom stereocenters. The molecule has 1 aliphatic carbocycles. The summed E-state index contributed by atoms with van der Waals surface area (Å²) in [6.45, 7) is 0. The third-order valence-electron chi connectivity index (χ3n) is 11.3. The smallest absolute Gasteiger partial charge is 0.137 e. The van der Waals surface area contributed by atoms with Crippen LogP contribution in [-0.4, -0.2) is 14.4 Å². The molecule has 0 fully saturated rings. The minimum absolute atomic E-state index is 0.482. The molecule has 10 aromatic rings. The predicted octanol–water partition coefficient (Wildman–Crippen LogP) is 12.4. The first-order chi connectivity index (χ1) is 26.8. The lowest BCUT2D eigenvalue weighted by Crippen LogP contribution is -2.28. The van der Waals surface area contributed by atoms with E-state index in [1.165, 1.54) is 38.8 Å². The van der Waals surface area contributed by atoms with Crippen LogP contribution in [0, 0.1) is 0 Å². The number of fused-ring (bicyclic) bond motifs is 8. The summed E-state index contributed by atoms with van der Waals surface area (Å²) in [5.41, 5.74) is 15.3. The van der Waals surface area contributed by atoms with Crippen molar-refractivity contribution in [3.63, 3.8) is 0 Å². The number of hydrogen-bond acceptors (Lipinski definition) is 2. The summed E-state index contributed by atoms with van der Waals surface area (Å²) in [5, 5.41) is 3.53. The van der Waals surface area contributed by atoms with Crippen LogP contribution >= 0.6 is 0 Å². The van der Waals surface area contributed by atoms with Crippen molar-refractivity contribution in [2.75, 3.05) is 0 Å². The van der Waals surface area contributed by atoms with Gasteiger partial charge in [0, 0.05) is 39.0 Å². The summed E-state index contributed by atoms with van der Waals surface area (Å²) in [7, 11) is 0.